The van der Waals surface area contributed by atoms with E-state index in [1.807, 2.05) is 0 Å². The van der Waals surface area contributed by atoms with Gasteiger partial charge in [-0.3, -0.25) is 0 Å². The van der Waals surface area contributed by atoms with E-state index >= 15 is 0 Å². The van der Waals surface area contributed by atoms with Crippen molar-refractivity contribution in [3.05, 3.63) is 11.7 Å². The first-order chi connectivity index (χ1) is 6.93. The van der Waals surface area contributed by atoms with Crippen LogP contribution in [0.3, 0.4) is 0 Å². The van der Waals surface area contributed by atoms with Crippen LogP contribution in [0.15, 0.2) is 4.52 Å². The Morgan fingerprint density at radius 3 is 2.86 bits per heavy atom. The van der Waals surface area contributed by atoms with Crippen molar-refractivity contribution in [2.45, 2.75) is 37.5 Å². The molecule has 1 atom stereocenters. The molecule has 0 bridgehead atoms. The zero-order chi connectivity index (χ0) is 9.38. The summed E-state index contributed by atoms with van der Waals surface area (Å²) >= 11 is 0. The molecule has 1 aliphatic carbocycles. The fourth-order valence-corrected chi connectivity index (χ4v) is 1.98. The van der Waals surface area contributed by atoms with Crippen LogP contribution >= 0.6 is 0 Å². The average molecular weight is 193 g/mol. The van der Waals surface area contributed by atoms with Crippen LogP contribution in [0.1, 0.15) is 49.2 Å². The van der Waals surface area contributed by atoms with Gasteiger partial charge < -0.3 is 9.84 Å². The molecule has 1 aromatic rings. The number of nitrogens with one attached hydrogen (secondary N) is 1. The van der Waals surface area contributed by atoms with Crippen LogP contribution in [0.4, 0.5) is 0 Å². The third-order valence-electron chi connectivity index (χ3n) is 3.05. The summed E-state index contributed by atoms with van der Waals surface area (Å²) in [6, 6.07) is 0. The van der Waals surface area contributed by atoms with Crippen LogP contribution in [0.25, 0.3) is 0 Å². The average Bonchev–Trinajstić information content (AvgIpc) is 2.98. The molecule has 14 heavy (non-hydrogen) atoms. The van der Waals surface area contributed by atoms with Gasteiger partial charge in [-0.1, -0.05) is 5.16 Å². The Balaban J connectivity index is 1.74. The molecule has 4 nitrogen and oxygen atoms in total. The molecule has 0 aromatic carbocycles. The highest BCUT2D eigenvalue weighted by molar-refractivity contribution is 5.05. The van der Waals surface area contributed by atoms with Crippen LogP contribution in [-0.4, -0.2) is 23.2 Å². The minimum Gasteiger partial charge on any atom is -0.339 e. The zero-order valence-corrected chi connectivity index (χ0v) is 8.20. The van der Waals surface area contributed by atoms with Gasteiger partial charge in [0.2, 0.25) is 5.89 Å². The van der Waals surface area contributed by atoms with Gasteiger partial charge in [-0.25, -0.2) is 0 Å². The van der Waals surface area contributed by atoms with Crippen molar-refractivity contribution in [2.24, 2.45) is 0 Å². The predicted octanol–water partition coefficient (Wildman–Crippen LogP) is 1.41. The fraction of sp³-hybridized carbons (Fsp3) is 0.800. The lowest BCUT2D eigenvalue weighted by molar-refractivity contribution is 0.320. The molecule has 76 valence electrons. The molecule has 1 saturated heterocycles. The molecular weight excluding hydrogens is 178 g/mol. The summed E-state index contributed by atoms with van der Waals surface area (Å²) in [4.78, 5) is 4.48. The number of piperidine rings is 1. The summed E-state index contributed by atoms with van der Waals surface area (Å²) in [7, 11) is 0. The second-order valence-corrected chi connectivity index (χ2v) is 4.31. The lowest BCUT2D eigenvalue weighted by atomic mass is 10.00. The molecule has 0 unspecified atom stereocenters. The number of aromatic nitrogens is 2. The van der Waals surface area contributed by atoms with Crippen LogP contribution in [0, 0.1) is 0 Å². The van der Waals surface area contributed by atoms with Gasteiger partial charge in [0.05, 0.1) is 5.92 Å². The third kappa shape index (κ3) is 1.54. The Morgan fingerprint density at radius 1 is 1.21 bits per heavy atom. The zero-order valence-electron chi connectivity index (χ0n) is 8.20. The van der Waals surface area contributed by atoms with Crippen molar-refractivity contribution in [1.82, 2.24) is 15.5 Å². The van der Waals surface area contributed by atoms with Crippen molar-refractivity contribution in [3.63, 3.8) is 0 Å². The van der Waals surface area contributed by atoms with Crippen LogP contribution in [0.2, 0.25) is 0 Å². The van der Waals surface area contributed by atoms with Crippen molar-refractivity contribution in [1.29, 1.82) is 0 Å². The van der Waals surface area contributed by atoms with Crippen molar-refractivity contribution >= 4 is 0 Å². The number of hydrogen-bond donors (Lipinski definition) is 1. The highest BCUT2D eigenvalue weighted by Crippen LogP contribution is 2.38. The molecule has 1 saturated carbocycles. The van der Waals surface area contributed by atoms with Crippen molar-refractivity contribution in [2.75, 3.05) is 13.1 Å². The number of hydrogen-bond acceptors (Lipinski definition) is 4. The molecule has 4 heteroatoms. The lowest BCUT2D eigenvalue weighted by Gasteiger charge is -2.18. The van der Waals surface area contributed by atoms with Gasteiger partial charge >= 0.3 is 0 Å². The van der Waals surface area contributed by atoms with E-state index in [1.165, 1.54) is 25.7 Å². The molecule has 2 heterocycles. The first kappa shape index (κ1) is 8.41. The molecule has 2 aliphatic rings. The maximum Gasteiger partial charge on any atom is 0.231 e. The SMILES string of the molecule is C1CNC[C@@H](c2nc(C3CC3)no2)C1. The molecule has 0 spiro atoms. The molecule has 1 aromatic heterocycles. The quantitative estimate of drug-likeness (QED) is 0.771. The largest absolute Gasteiger partial charge is 0.339 e. The second-order valence-electron chi connectivity index (χ2n) is 4.31. The lowest BCUT2D eigenvalue weighted by Crippen LogP contribution is -2.28. The van der Waals surface area contributed by atoms with Crippen LogP contribution < -0.4 is 5.32 Å². The second kappa shape index (κ2) is 3.35. The summed E-state index contributed by atoms with van der Waals surface area (Å²) in [5, 5.41) is 7.40. The number of nitrogens with zero attached hydrogens (tertiary/aromatic N) is 2. The first-order valence-electron chi connectivity index (χ1n) is 5.47. The summed E-state index contributed by atoms with van der Waals surface area (Å²) in [5.74, 6) is 2.83. The Kier molecular flexibility index (Phi) is 2.01. The molecular formula is C10H15N3O. The van der Waals surface area contributed by atoms with Crippen molar-refractivity contribution in [3.8, 4) is 0 Å². The third-order valence-corrected chi connectivity index (χ3v) is 3.05. The summed E-state index contributed by atoms with van der Waals surface area (Å²) in [6.45, 7) is 2.12. The minimum absolute atomic E-state index is 0.448. The van der Waals surface area contributed by atoms with Gasteiger partial charge in [0.15, 0.2) is 5.82 Å². The summed E-state index contributed by atoms with van der Waals surface area (Å²) in [6.07, 6.45) is 4.87. The topological polar surface area (TPSA) is 51.0 Å². The van der Waals surface area contributed by atoms with Crippen LogP contribution in [-0.2, 0) is 0 Å². The number of rotatable bonds is 2. The summed E-state index contributed by atoms with van der Waals surface area (Å²) < 4.78 is 5.30. The van der Waals surface area contributed by atoms with Gasteiger partial charge in [0.25, 0.3) is 0 Å². The first-order valence-corrected chi connectivity index (χ1v) is 5.47. The molecule has 3 rings (SSSR count). The smallest absolute Gasteiger partial charge is 0.231 e. The van der Waals surface area contributed by atoms with E-state index in [4.69, 9.17) is 4.52 Å². The van der Waals surface area contributed by atoms with E-state index in [0.29, 0.717) is 11.8 Å². The maximum absolute atomic E-state index is 5.30. The Labute approximate surface area is 83.1 Å². The normalized spacial score (nSPS) is 27.9. The minimum atomic E-state index is 0.448. The molecule has 1 aliphatic heterocycles. The van der Waals surface area contributed by atoms with E-state index in [0.717, 1.165) is 24.8 Å². The van der Waals surface area contributed by atoms with E-state index in [9.17, 15) is 0 Å². The molecule has 0 radical (unpaired) electrons. The van der Waals surface area contributed by atoms with Gasteiger partial charge in [-0.15, -0.1) is 0 Å². The van der Waals surface area contributed by atoms with Gasteiger partial charge in [-0.05, 0) is 32.2 Å². The predicted molar refractivity (Wildman–Crippen MR) is 51.1 cm³/mol. The molecule has 1 N–H and O–H groups in total. The van der Waals surface area contributed by atoms with E-state index in [1.54, 1.807) is 0 Å². The molecule has 0 amide bonds. The van der Waals surface area contributed by atoms with Crippen molar-refractivity contribution < 1.29 is 4.52 Å². The van der Waals surface area contributed by atoms with Gasteiger partial charge in [-0.2, -0.15) is 4.98 Å². The Bertz CT molecular complexity index is 313. The standard InChI is InChI=1S/C10H15N3O/c1-2-8(6-11-5-1)10-12-9(13-14-10)7-3-4-7/h7-8,11H,1-6H2/t8-/m0/s1. The maximum atomic E-state index is 5.30. The van der Waals surface area contributed by atoms with E-state index in [-0.39, 0.29) is 0 Å². The van der Waals surface area contributed by atoms with E-state index < -0.39 is 0 Å². The Hall–Kier alpha value is -0.900. The fourth-order valence-electron chi connectivity index (χ4n) is 1.98. The highest BCUT2D eigenvalue weighted by atomic mass is 16.5. The Morgan fingerprint density at radius 2 is 2.14 bits per heavy atom. The van der Waals surface area contributed by atoms with E-state index in [2.05, 4.69) is 15.5 Å². The highest BCUT2D eigenvalue weighted by Gasteiger charge is 2.30. The molecule has 2 fully saturated rings. The van der Waals surface area contributed by atoms with Crippen LogP contribution in [0.5, 0.6) is 0 Å². The summed E-state index contributed by atoms with van der Waals surface area (Å²) in [5.41, 5.74) is 0. The monoisotopic (exact) mass is 193 g/mol. The van der Waals surface area contributed by atoms with Gasteiger partial charge in [0, 0.05) is 12.5 Å². The van der Waals surface area contributed by atoms with Gasteiger partial charge in [0.1, 0.15) is 0 Å².